The number of aliphatic hydroxyl groups excluding tert-OH is 1. The van der Waals surface area contributed by atoms with Crippen molar-refractivity contribution in [2.45, 2.75) is 46.3 Å². The average Bonchev–Trinajstić information content (AvgIpc) is 2.52. The van der Waals surface area contributed by atoms with Gasteiger partial charge in [0.1, 0.15) is 5.75 Å². The van der Waals surface area contributed by atoms with E-state index >= 15 is 0 Å². The summed E-state index contributed by atoms with van der Waals surface area (Å²) < 4.78 is 5.09. The molecule has 0 radical (unpaired) electrons. The number of aliphatic hydroxyl groups is 1. The Morgan fingerprint density at radius 2 is 1.81 bits per heavy atom. The van der Waals surface area contributed by atoms with Gasteiger partial charge in [-0.3, -0.25) is 4.79 Å². The molecule has 0 saturated carbocycles. The Balaban J connectivity index is 2.65. The first-order valence-electron chi connectivity index (χ1n) is 7.53. The molecule has 0 fully saturated rings. The van der Waals surface area contributed by atoms with Crippen LogP contribution in [-0.4, -0.2) is 24.2 Å². The normalized spacial score (nSPS) is 16.7. The molecule has 21 heavy (non-hydrogen) atoms. The number of carbonyl (C=O) groups excluding carboxylic acids is 1. The van der Waals surface area contributed by atoms with Gasteiger partial charge in [0.15, 0.2) is 0 Å². The van der Waals surface area contributed by atoms with Crippen molar-refractivity contribution in [1.29, 1.82) is 0 Å². The lowest BCUT2D eigenvalue weighted by Crippen LogP contribution is -2.41. The number of carbonyl (C=O) groups is 1. The van der Waals surface area contributed by atoms with Gasteiger partial charge in [0.2, 0.25) is 5.91 Å². The molecule has 118 valence electrons. The lowest BCUT2D eigenvalue weighted by molar-refractivity contribution is -0.127. The minimum Gasteiger partial charge on any atom is -0.497 e. The molecule has 1 aromatic rings. The van der Waals surface area contributed by atoms with Gasteiger partial charge in [0.25, 0.3) is 0 Å². The quantitative estimate of drug-likeness (QED) is 0.812. The van der Waals surface area contributed by atoms with Crippen molar-refractivity contribution in [2.24, 2.45) is 11.8 Å². The summed E-state index contributed by atoms with van der Waals surface area (Å²) in [6.45, 7) is 7.88. The van der Waals surface area contributed by atoms with E-state index in [0.29, 0.717) is 5.92 Å². The molecule has 4 nitrogen and oxygen atoms in total. The molecule has 0 spiro atoms. The Bertz CT molecular complexity index is 444. The van der Waals surface area contributed by atoms with Crippen LogP contribution in [0.4, 0.5) is 0 Å². The van der Waals surface area contributed by atoms with Gasteiger partial charge in [-0.15, -0.1) is 0 Å². The maximum atomic E-state index is 12.1. The SMILES string of the molecule is CCC(C)C(C)C(=O)NC(C)C(O)c1ccc(OC)cc1. The molecular weight excluding hydrogens is 266 g/mol. The number of nitrogens with one attached hydrogen (secondary N) is 1. The molecule has 0 saturated heterocycles. The van der Waals surface area contributed by atoms with E-state index in [1.165, 1.54) is 0 Å². The highest BCUT2D eigenvalue weighted by Crippen LogP contribution is 2.21. The summed E-state index contributed by atoms with van der Waals surface area (Å²) in [6.07, 6.45) is 0.230. The lowest BCUT2D eigenvalue weighted by atomic mass is 9.92. The molecule has 0 bridgehead atoms. The molecule has 1 amide bonds. The topological polar surface area (TPSA) is 58.6 Å². The van der Waals surface area contributed by atoms with Gasteiger partial charge in [-0.05, 0) is 30.5 Å². The Labute approximate surface area is 127 Å². The number of amides is 1. The highest BCUT2D eigenvalue weighted by atomic mass is 16.5. The Hall–Kier alpha value is -1.55. The van der Waals surface area contributed by atoms with Gasteiger partial charge in [-0.2, -0.15) is 0 Å². The molecule has 4 heteroatoms. The maximum Gasteiger partial charge on any atom is 0.223 e. The zero-order valence-corrected chi connectivity index (χ0v) is 13.6. The molecule has 2 N–H and O–H groups in total. The molecular formula is C17H27NO3. The van der Waals surface area contributed by atoms with E-state index in [0.717, 1.165) is 17.7 Å². The summed E-state index contributed by atoms with van der Waals surface area (Å²) in [5.74, 6) is 1.01. The maximum absolute atomic E-state index is 12.1. The van der Waals surface area contributed by atoms with Crippen molar-refractivity contribution >= 4 is 5.91 Å². The number of methoxy groups -OCH3 is 1. The minimum atomic E-state index is -0.732. The van der Waals surface area contributed by atoms with Gasteiger partial charge in [0.05, 0.1) is 19.3 Å². The van der Waals surface area contributed by atoms with Crippen LogP contribution in [0.2, 0.25) is 0 Å². The van der Waals surface area contributed by atoms with Gasteiger partial charge < -0.3 is 15.2 Å². The van der Waals surface area contributed by atoms with Crippen LogP contribution in [0.25, 0.3) is 0 Å². The number of hydrogen-bond acceptors (Lipinski definition) is 3. The molecule has 4 atom stereocenters. The fourth-order valence-corrected chi connectivity index (χ4v) is 2.14. The largest absolute Gasteiger partial charge is 0.497 e. The Morgan fingerprint density at radius 1 is 1.24 bits per heavy atom. The molecule has 0 aromatic heterocycles. The van der Waals surface area contributed by atoms with Gasteiger partial charge in [-0.1, -0.05) is 39.3 Å². The summed E-state index contributed by atoms with van der Waals surface area (Å²) in [7, 11) is 1.60. The summed E-state index contributed by atoms with van der Waals surface area (Å²) >= 11 is 0. The van der Waals surface area contributed by atoms with E-state index in [4.69, 9.17) is 4.74 Å². The van der Waals surface area contributed by atoms with E-state index in [9.17, 15) is 9.90 Å². The molecule has 4 unspecified atom stereocenters. The molecule has 0 aliphatic carbocycles. The number of ether oxygens (including phenoxy) is 1. The lowest BCUT2D eigenvalue weighted by Gasteiger charge is -2.24. The Morgan fingerprint density at radius 3 is 2.29 bits per heavy atom. The third-order valence-electron chi connectivity index (χ3n) is 4.21. The van der Waals surface area contributed by atoms with E-state index in [1.807, 2.05) is 26.0 Å². The highest BCUT2D eigenvalue weighted by Gasteiger charge is 2.23. The summed E-state index contributed by atoms with van der Waals surface area (Å²) in [5.41, 5.74) is 0.764. The monoisotopic (exact) mass is 293 g/mol. The van der Waals surface area contributed by atoms with Crippen LogP contribution in [0, 0.1) is 11.8 Å². The van der Waals surface area contributed by atoms with Crippen LogP contribution >= 0.6 is 0 Å². The van der Waals surface area contributed by atoms with Crippen molar-refractivity contribution in [3.8, 4) is 5.75 Å². The van der Waals surface area contributed by atoms with Gasteiger partial charge in [-0.25, -0.2) is 0 Å². The fourth-order valence-electron chi connectivity index (χ4n) is 2.14. The summed E-state index contributed by atoms with van der Waals surface area (Å²) in [6, 6.07) is 6.88. The standard InChI is InChI=1S/C17H27NO3/c1-6-11(2)12(3)17(20)18-13(4)16(19)14-7-9-15(21-5)10-8-14/h7-13,16,19H,6H2,1-5H3,(H,18,20). The second-order valence-electron chi connectivity index (χ2n) is 5.69. The van der Waals surface area contributed by atoms with Crippen LogP contribution in [0.3, 0.4) is 0 Å². The summed E-state index contributed by atoms with van der Waals surface area (Å²) in [4.78, 5) is 12.1. The second kappa shape index (κ2) is 8.03. The molecule has 0 heterocycles. The minimum absolute atomic E-state index is 0.00980. The van der Waals surface area contributed by atoms with E-state index < -0.39 is 6.10 Å². The first kappa shape index (κ1) is 17.5. The van der Waals surface area contributed by atoms with Crippen LogP contribution in [0.15, 0.2) is 24.3 Å². The van der Waals surface area contributed by atoms with E-state index in [-0.39, 0.29) is 17.9 Å². The van der Waals surface area contributed by atoms with Crippen LogP contribution in [0.1, 0.15) is 45.8 Å². The predicted molar refractivity (Wildman–Crippen MR) is 84.2 cm³/mol. The zero-order chi connectivity index (χ0) is 16.0. The zero-order valence-electron chi connectivity index (χ0n) is 13.6. The smallest absolute Gasteiger partial charge is 0.223 e. The van der Waals surface area contributed by atoms with Gasteiger partial charge in [0, 0.05) is 5.92 Å². The van der Waals surface area contributed by atoms with Crippen LogP contribution in [-0.2, 0) is 4.79 Å². The fraction of sp³-hybridized carbons (Fsp3) is 0.588. The van der Waals surface area contributed by atoms with E-state index in [1.54, 1.807) is 19.2 Å². The van der Waals surface area contributed by atoms with Gasteiger partial charge >= 0.3 is 0 Å². The van der Waals surface area contributed by atoms with Crippen LogP contribution < -0.4 is 10.1 Å². The predicted octanol–water partition coefficient (Wildman–Crippen LogP) is 2.92. The number of rotatable bonds is 7. The highest BCUT2D eigenvalue weighted by molar-refractivity contribution is 5.78. The molecule has 0 aliphatic rings. The molecule has 1 rings (SSSR count). The molecule has 1 aromatic carbocycles. The number of benzene rings is 1. The van der Waals surface area contributed by atoms with E-state index in [2.05, 4.69) is 19.2 Å². The van der Waals surface area contributed by atoms with Crippen molar-refractivity contribution in [3.05, 3.63) is 29.8 Å². The first-order chi connectivity index (χ1) is 9.90. The third-order valence-corrected chi connectivity index (χ3v) is 4.21. The van der Waals surface area contributed by atoms with Crippen molar-refractivity contribution in [3.63, 3.8) is 0 Å². The van der Waals surface area contributed by atoms with Crippen molar-refractivity contribution in [2.75, 3.05) is 7.11 Å². The Kier molecular flexibility index (Phi) is 6.69. The first-order valence-corrected chi connectivity index (χ1v) is 7.53. The third kappa shape index (κ3) is 4.74. The second-order valence-corrected chi connectivity index (χ2v) is 5.69. The van der Waals surface area contributed by atoms with Crippen LogP contribution in [0.5, 0.6) is 5.75 Å². The summed E-state index contributed by atoms with van der Waals surface area (Å²) in [5, 5.41) is 13.2. The van der Waals surface area contributed by atoms with Crippen molar-refractivity contribution < 1.29 is 14.6 Å². The average molecular weight is 293 g/mol. The van der Waals surface area contributed by atoms with Crippen molar-refractivity contribution in [1.82, 2.24) is 5.32 Å². The number of hydrogen-bond donors (Lipinski definition) is 2. The molecule has 0 aliphatic heterocycles.